The number of hydrogen-bond acceptors (Lipinski definition) is 2. The molecule has 0 aliphatic heterocycles. The average Bonchev–Trinajstić information content (AvgIpc) is 3.05. The van der Waals surface area contributed by atoms with Gasteiger partial charge in [0.1, 0.15) is 0 Å². The van der Waals surface area contributed by atoms with E-state index in [0.29, 0.717) is 12.1 Å². The van der Waals surface area contributed by atoms with Gasteiger partial charge in [0.25, 0.3) is 0 Å². The molecule has 1 aromatic heterocycles. The van der Waals surface area contributed by atoms with Crippen LogP contribution in [0, 0.1) is 17.8 Å². The number of thiophene rings is 1. The first kappa shape index (κ1) is 11.7. The Morgan fingerprint density at radius 2 is 2.18 bits per heavy atom. The maximum absolute atomic E-state index is 3.82. The van der Waals surface area contributed by atoms with Crippen LogP contribution < -0.4 is 5.32 Å². The lowest BCUT2D eigenvalue weighted by molar-refractivity contribution is 0.249. The van der Waals surface area contributed by atoms with Crippen LogP contribution in [0.4, 0.5) is 0 Å². The molecule has 2 bridgehead atoms. The van der Waals surface area contributed by atoms with Crippen molar-refractivity contribution in [2.24, 2.45) is 17.8 Å². The van der Waals surface area contributed by atoms with E-state index >= 15 is 0 Å². The van der Waals surface area contributed by atoms with Gasteiger partial charge in [-0.3, -0.25) is 0 Å². The fourth-order valence-corrected chi connectivity index (χ4v) is 4.79. The molecule has 2 fully saturated rings. The zero-order valence-corrected chi connectivity index (χ0v) is 11.7. The highest BCUT2D eigenvalue weighted by Crippen LogP contribution is 2.49. The zero-order chi connectivity index (χ0) is 11.8. The van der Waals surface area contributed by atoms with Crippen molar-refractivity contribution >= 4 is 11.3 Å². The van der Waals surface area contributed by atoms with Crippen molar-refractivity contribution in [2.45, 2.75) is 51.6 Å². The summed E-state index contributed by atoms with van der Waals surface area (Å²) in [5.41, 5.74) is 0. The van der Waals surface area contributed by atoms with Crippen LogP contribution in [0.2, 0.25) is 0 Å². The fraction of sp³-hybridized carbons (Fsp3) is 0.733. The highest BCUT2D eigenvalue weighted by molar-refractivity contribution is 7.10. The summed E-state index contributed by atoms with van der Waals surface area (Å²) < 4.78 is 0. The first-order chi connectivity index (χ1) is 8.24. The van der Waals surface area contributed by atoms with Crippen LogP contribution in [0.25, 0.3) is 0 Å². The predicted molar refractivity (Wildman–Crippen MR) is 74.3 cm³/mol. The van der Waals surface area contributed by atoms with E-state index in [1.54, 1.807) is 0 Å². The van der Waals surface area contributed by atoms with Gasteiger partial charge in [0.2, 0.25) is 0 Å². The lowest BCUT2D eigenvalue weighted by atomic mass is 9.84. The highest BCUT2D eigenvalue weighted by atomic mass is 32.1. The van der Waals surface area contributed by atoms with E-state index < -0.39 is 0 Å². The van der Waals surface area contributed by atoms with Gasteiger partial charge in [-0.1, -0.05) is 12.5 Å². The minimum absolute atomic E-state index is 0.518. The minimum Gasteiger partial charge on any atom is -0.307 e. The van der Waals surface area contributed by atoms with Gasteiger partial charge in [-0.2, -0.15) is 0 Å². The van der Waals surface area contributed by atoms with Crippen molar-refractivity contribution in [1.82, 2.24) is 5.32 Å². The first-order valence-electron chi connectivity index (χ1n) is 7.03. The Kier molecular flexibility index (Phi) is 3.27. The maximum Gasteiger partial charge on any atom is 0.0388 e. The standard InChI is InChI=1S/C15H23NS/c1-10(14-9-12-5-6-13(14)8-12)16-11(2)15-4-3-7-17-15/h3-4,7,10-14,16H,5-6,8-9H2,1-2H3. The summed E-state index contributed by atoms with van der Waals surface area (Å²) in [6.45, 7) is 4.70. The zero-order valence-electron chi connectivity index (χ0n) is 10.9. The first-order valence-corrected chi connectivity index (χ1v) is 7.91. The maximum atomic E-state index is 3.82. The molecule has 1 aromatic rings. The molecule has 2 aliphatic rings. The van der Waals surface area contributed by atoms with Crippen LogP contribution in [-0.4, -0.2) is 6.04 Å². The third-order valence-electron chi connectivity index (χ3n) is 4.92. The summed E-state index contributed by atoms with van der Waals surface area (Å²) in [4.78, 5) is 1.47. The van der Waals surface area contributed by atoms with Gasteiger partial charge >= 0.3 is 0 Å². The van der Waals surface area contributed by atoms with Crippen molar-refractivity contribution in [3.8, 4) is 0 Å². The van der Waals surface area contributed by atoms with Gasteiger partial charge in [0.05, 0.1) is 0 Å². The lowest BCUT2D eigenvalue weighted by Gasteiger charge is -2.30. The SMILES string of the molecule is CC(NC(C)C1CC2CCC1C2)c1cccs1. The van der Waals surface area contributed by atoms with E-state index in [2.05, 4.69) is 36.7 Å². The monoisotopic (exact) mass is 249 g/mol. The lowest BCUT2D eigenvalue weighted by Crippen LogP contribution is -2.37. The highest BCUT2D eigenvalue weighted by Gasteiger charge is 2.41. The summed E-state index contributed by atoms with van der Waals surface area (Å²) in [5, 5.41) is 6.00. The molecule has 17 heavy (non-hydrogen) atoms. The van der Waals surface area contributed by atoms with Crippen molar-refractivity contribution in [1.29, 1.82) is 0 Å². The molecule has 0 spiro atoms. The van der Waals surface area contributed by atoms with Gasteiger partial charge in [0, 0.05) is 17.0 Å². The number of rotatable bonds is 4. The normalized spacial score (nSPS) is 35.1. The third kappa shape index (κ3) is 2.30. The summed E-state index contributed by atoms with van der Waals surface area (Å²) in [7, 11) is 0. The molecule has 0 amide bonds. The molecule has 5 atom stereocenters. The summed E-state index contributed by atoms with van der Waals surface area (Å²) in [5.74, 6) is 3.03. The van der Waals surface area contributed by atoms with E-state index in [-0.39, 0.29) is 0 Å². The van der Waals surface area contributed by atoms with Gasteiger partial charge in [0.15, 0.2) is 0 Å². The Morgan fingerprint density at radius 3 is 2.76 bits per heavy atom. The van der Waals surface area contributed by atoms with Crippen molar-refractivity contribution in [2.75, 3.05) is 0 Å². The van der Waals surface area contributed by atoms with Gasteiger partial charge in [-0.05, 0) is 62.3 Å². The second kappa shape index (κ2) is 4.74. The molecule has 1 N–H and O–H groups in total. The second-order valence-electron chi connectivity index (χ2n) is 6.03. The van der Waals surface area contributed by atoms with Crippen molar-refractivity contribution in [3.63, 3.8) is 0 Å². The van der Waals surface area contributed by atoms with Crippen molar-refractivity contribution < 1.29 is 0 Å². The quantitative estimate of drug-likeness (QED) is 0.842. The Morgan fingerprint density at radius 1 is 1.29 bits per heavy atom. The molecule has 2 heteroatoms. The molecule has 0 aromatic carbocycles. The van der Waals surface area contributed by atoms with E-state index in [1.165, 1.54) is 30.6 Å². The van der Waals surface area contributed by atoms with Crippen LogP contribution in [0.15, 0.2) is 17.5 Å². The van der Waals surface area contributed by atoms with E-state index in [0.717, 1.165) is 17.8 Å². The average molecular weight is 249 g/mol. The Bertz CT molecular complexity index is 359. The van der Waals surface area contributed by atoms with Crippen LogP contribution >= 0.6 is 11.3 Å². The Hall–Kier alpha value is -0.340. The summed E-state index contributed by atoms with van der Waals surface area (Å²) in [6.07, 6.45) is 6.00. The number of nitrogens with one attached hydrogen (secondary N) is 1. The number of hydrogen-bond donors (Lipinski definition) is 1. The topological polar surface area (TPSA) is 12.0 Å². The minimum atomic E-state index is 0.518. The molecule has 2 saturated carbocycles. The molecule has 3 rings (SSSR count). The molecular formula is C15H23NS. The number of fused-ring (bicyclic) bond motifs is 2. The van der Waals surface area contributed by atoms with Crippen LogP contribution in [0.1, 0.15) is 50.4 Å². The second-order valence-corrected chi connectivity index (χ2v) is 7.01. The fourth-order valence-electron chi connectivity index (χ4n) is 4.04. The van der Waals surface area contributed by atoms with Gasteiger partial charge in [-0.15, -0.1) is 11.3 Å². The molecule has 1 heterocycles. The Balaban J connectivity index is 1.58. The smallest absolute Gasteiger partial charge is 0.0388 e. The molecular weight excluding hydrogens is 226 g/mol. The van der Waals surface area contributed by atoms with E-state index in [1.807, 2.05) is 11.3 Å². The third-order valence-corrected chi connectivity index (χ3v) is 5.97. The van der Waals surface area contributed by atoms with Crippen LogP contribution in [0.3, 0.4) is 0 Å². The summed E-state index contributed by atoms with van der Waals surface area (Å²) >= 11 is 1.87. The van der Waals surface area contributed by atoms with Gasteiger partial charge in [-0.25, -0.2) is 0 Å². The Labute approximate surface area is 109 Å². The molecule has 5 unspecified atom stereocenters. The molecule has 1 nitrogen and oxygen atoms in total. The van der Waals surface area contributed by atoms with Crippen LogP contribution in [0.5, 0.6) is 0 Å². The van der Waals surface area contributed by atoms with E-state index in [4.69, 9.17) is 0 Å². The van der Waals surface area contributed by atoms with Crippen LogP contribution in [-0.2, 0) is 0 Å². The van der Waals surface area contributed by atoms with Crippen molar-refractivity contribution in [3.05, 3.63) is 22.4 Å². The largest absolute Gasteiger partial charge is 0.307 e. The molecule has 0 saturated heterocycles. The molecule has 0 radical (unpaired) electrons. The predicted octanol–water partition coefficient (Wildman–Crippen LogP) is 4.22. The summed E-state index contributed by atoms with van der Waals surface area (Å²) in [6, 6.07) is 5.60. The molecule has 2 aliphatic carbocycles. The molecule has 94 valence electrons. The van der Waals surface area contributed by atoms with E-state index in [9.17, 15) is 0 Å². The van der Waals surface area contributed by atoms with Gasteiger partial charge < -0.3 is 5.32 Å².